The number of rotatable bonds is 3. The van der Waals surface area contributed by atoms with E-state index in [1.54, 1.807) is 16.3 Å². The van der Waals surface area contributed by atoms with Crippen LogP contribution in [0.3, 0.4) is 0 Å². The molecule has 1 N–H and O–H groups in total. The highest BCUT2D eigenvalue weighted by Crippen LogP contribution is 2.61. The standard InChI is InChI=1S/C19H25N3O2S/c1-11(19-7-12-4-13(8-19)6-14(5-12)9-19)21-16(23)15-10-20-18-22(17(15)24)2-3-25-18/h10-14H,2-9H2,1H3,(H,21,23)/t11-,12?,13?,14?,19?/m0/s1. The molecule has 6 heteroatoms. The number of hydrogen-bond donors (Lipinski definition) is 1. The summed E-state index contributed by atoms with van der Waals surface area (Å²) in [6.45, 7) is 2.80. The Labute approximate surface area is 152 Å². The maximum atomic E-state index is 12.8. The Hall–Kier alpha value is -1.30. The summed E-state index contributed by atoms with van der Waals surface area (Å²) < 4.78 is 1.63. The zero-order valence-electron chi connectivity index (χ0n) is 14.7. The van der Waals surface area contributed by atoms with Crippen molar-refractivity contribution in [3.05, 3.63) is 22.1 Å². The number of nitrogens with zero attached hydrogens (tertiary/aromatic N) is 2. The first-order valence-corrected chi connectivity index (χ1v) is 10.6. The van der Waals surface area contributed by atoms with Crippen molar-refractivity contribution < 1.29 is 4.79 Å². The Morgan fingerprint density at radius 3 is 2.56 bits per heavy atom. The van der Waals surface area contributed by atoms with Crippen LogP contribution in [0.25, 0.3) is 0 Å². The predicted molar refractivity (Wildman–Crippen MR) is 96.8 cm³/mol. The molecule has 1 aliphatic heterocycles. The molecule has 4 aliphatic carbocycles. The van der Waals surface area contributed by atoms with Gasteiger partial charge in [0.2, 0.25) is 0 Å². The molecular formula is C19H25N3O2S. The van der Waals surface area contributed by atoms with E-state index in [0.29, 0.717) is 6.54 Å². The maximum absolute atomic E-state index is 12.8. The van der Waals surface area contributed by atoms with Gasteiger partial charge in [-0.05, 0) is 68.6 Å². The summed E-state index contributed by atoms with van der Waals surface area (Å²) >= 11 is 1.58. The lowest BCUT2D eigenvalue weighted by molar-refractivity contribution is -0.0688. The van der Waals surface area contributed by atoms with Gasteiger partial charge in [0, 0.05) is 24.5 Å². The number of thioether (sulfide) groups is 1. The first-order chi connectivity index (χ1) is 12.0. The molecule has 4 bridgehead atoms. The van der Waals surface area contributed by atoms with Crippen molar-refractivity contribution in [2.45, 2.75) is 63.2 Å². The van der Waals surface area contributed by atoms with Crippen molar-refractivity contribution >= 4 is 17.7 Å². The van der Waals surface area contributed by atoms with Crippen LogP contribution in [0.15, 0.2) is 16.1 Å². The van der Waals surface area contributed by atoms with Gasteiger partial charge in [-0.2, -0.15) is 0 Å². The van der Waals surface area contributed by atoms with Gasteiger partial charge in [0.1, 0.15) is 5.56 Å². The smallest absolute Gasteiger partial charge is 0.267 e. The molecule has 5 nitrogen and oxygen atoms in total. The molecule has 0 aromatic carbocycles. The minimum absolute atomic E-state index is 0.125. The van der Waals surface area contributed by atoms with Gasteiger partial charge < -0.3 is 5.32 Å². The molecule has 1 aromatic rings. The predicted octanol–water partition coefficient (Wildman–Crippen LogP) is 2.68. The summed E-state index contributed by atoms with van der Waals surface area (Å²) in [5, 5.41) is 3.92. The van der Waals surface area contributed by atoms with Crippen molar-refractivity contribution in [2.24, 2.45) is 23.2 Å². The van der Waals surface area contributed by atoms with Crippen molar-refractivity contribution in [1.29, 1.82) is 0 Å². The second-order valence-electron chi connectivity index (χ2n) is 8.73. The zero-order valence-corrected chi connectivity index (χ0v) is 15.5. The Morgan fingerprint density at radius 1 is 1.28 bits per heavy atom. The van der Waals surface area contributed by atoms with E-state index in [1.807, 2.05) is 0 Å². The highest BCUT2D eigenvalue weighted by atomic mass is 32.2. The Balaban J connectivity index is 1.37. The third kappa shape index (κ3) is 2.47. The number of amides is 1. The summed E-state index contributed by atoms with van der Waals surface area (Å²) in [4.78, 5) is 29.7. The van der Waals surface area contributed by atoms with Crippen LogP contribution >= 0.6 is 11.8 Å². The van der Waals surface area contributed by atoms with Gasteiger partial charge in [0.15, 0.2) is 5.16 Å². The summed E-state index contributed by atoms with van der Waals surface area (Å²) in [6, 6.07) is 0.125. The monoisotopic (exact) mass is 359 g/mol. The number of aromatic nitrogens is 2. The van der Waals surface area contributed by atoms with E-state index in [0.717, 1.165) is 28.7 Å². The molecule has 4 saturated carbocycles. The fourth-order valence-electron chi connectivity index (χ4n) is 6.31. The fraction of sp³-hybridized carbons (Fsp3) is 0.737. The van der Waals surface area contributed by atoms with Crippen molar-refractivity contribution in [1.82, 2.24) is 14.9 Å². The Bertz CT molecular complexity index is 752. The van der Waals surface area contributed by atoms with Crippen LogP contribution in [0.1, 0.15) is 55.8 Å². The molecule has 0 spiro atoms. The van der Waals surface area contributed by atoms with Crippen LogP contribution in [-0.4, -0.2) is 27.3 Å². The molecule has 0 radical (unpaired) electrons. The van der Waals surface area contributed by atoms with Gasteiger partial charge in [-0.25, -0.2) is 4.98 Å². The van der Waals surface area contributed by atoms with Gasteiger partial charge in [-0.15, -0.1) is 0 Å². The summed E-state index contributed by atoms with van der Waals surface area (Å²) in [5.74, 6) is 3.18. The zero-order chi connectivity index (χ0) is 17.2. The molecule has 4 fully saturated rings. The molecule has 1 aromatic heterocycles. The molecule has 6 rings (SSSR count). The maximum Gasteiger partial charge on any atom is 0.267 e. The largest absolute Gasteiger partial charge is 0.349 e. The topological polar surface area (TPSA) is 64.0 Å². The summed E-state index contributed by atoms with van der Waals surface area (Å²) in [6.07, 6.45) is 9.40. The SMILES string of the molecule is C[C@H](NC(=O)c1cnc2n(c1=O)CCS2)C12CC3CC(CC(C3)C1)C2. The second kappa shape index (κ2) is 5.60. The minimum atomic E-state index is -0.243. The van der Waals surface area contributed by atoms with Crippen LogP contribution in [0.5, 0.6) is 0 Å². The molecule has 0 saturated heterocycles. The summed E-state index contributed by atoms with van der Waals surface area (Å²) in [7, 11) is 0. The van der Waals surface area contributed by atoms with Crippen LogP contribution in [0, 0.1) is 23.2 Å². The third-order valence-corrected chi connectivity index (χ3v) is 8.12. The van der Waals surface area contributed by atoms with Gasteiger partial charge in [0.25, 0.3) is 11.5 Å². The second-order valence-corrected chi connectivity index (χ2v) is 9.80. The van der Waals surface area contributed by atoms with Gasteiger partial charge in [-0.3, -0.25) is 14.2 Å². The van der Waals surface area contributed by atoms with E-state index < -0.39 is 0 Å². The fourth-order valence-corrected chi connectivity index (χ4v) is 7.22. The van der Waals surface area contributed by atoms with E-state index in [1.165, 1.54) is 44.7 Å². The first-order valence-electron chi connectivity index (χ1n) is 9.57. The van der Waals surface area contributed by atoms with Crippen LogP contribution in [-0.2, 0) is 6.54 Å². The number of hydrogen-bond acceptors (Lipinski definition) is 4. The normalized spacial score (nSPS) is 36.3. The van der Waals surface area contributed by atoms with E-state index in [4.69, 9.17) is 0 Å². The quantitative estimate of drug-likeness (QED) is 0.843. The number of fused-ring (bicyclic) bond motifs is 1. The minimum Gasteiger partial charge on any atom is -0.349 e. The third-order valence-electron chi connectivity index (χ3n) is 7.15. The Morgan fingerprint density at radius 2 is 1.92 bits per heavy atom. The molecule has 1 amide bonds. The lowest BCUT2D eigenvalue weighted by Gasteiger charge is -2.59. The van der Waals surface area contributed by atoms with Crippen LogP contribution in [0.2, 0.25) is 0 Å². The van der Waals surface area contributed by atoms with E-state index >= 15 is 0 Å². The molecular weight excluding hydrogens is 334 g/mol. The lowest BCUT2D eigenvalue weighted by Crippen LogP contribution is -2.56. The van der Waals surface area contributed by atoms with Gasteiger partial charge in [-0.1, -0.05) is 11.8 Å². The van der Waals surface area contributed by atoms with E-state index in [9.17, 15) is 9.59 Å². The number of nitrogens with one attached hydrogen (secondary N) is 1. The molecule has 5 aliphatic rings. The van der Waals surface area contributed by atoms with Crippen molar-refractivity contribution in [3.8, 4) is 0 Å². The molecule has 0 unspecified atom stereocenters. The molecule has 25 heavy (non-hydrogen) atoms. The van der Waals surface area contributed by atoms with Gasteiger partial charge in [0.05, 0.1) is 0 Å². The van der Waals surface area contributed by atoms with Crippen molar-refractivity contribution in [3.63, 3.8) is 0 Å². The first kappa shape index (κ1) is 15.9. The van der Waals surface area contributed by atoms with Gasteiger partial charge >= 0.3 is 0 Å². The lowest BCUT2D eigenvalue weighted by atomic mass is 9.48. The highest BCUT2D eigenvalue weighted by Gasteiger charge is 2.53. The van der Waals surface area contributed by atoms with E-state index in [-0.39, 0.29) is 28.5 Å². The van der Waals surface area contributed by atoms with E-state index in [2.05, 4.69) is 17.2 Å². The van der Waals surface area contributed by atoms with Crippen molar-refractivity contribution in [2.75, 3.05) is 5.75 Å². The molecule has 1 atom stereocenters. The molecule has 2 heterocycles. The number of carbonyl (C=O) groups is 1. The summed E-state index contributed by atoms with van der Waals surface area (Å²) in [5.41, 5.74) is 0.258. The van der Waals surface area contributed by atoms with Crippen LogP contribution in [0.4, 0.5) is 0 Å². The average molecular weight is 359 g/mol. The Kier molecular flexibility index (Phi) is 3.56. The highest BCUT2D eigenvalue weighted by molar-refractivity contribution is 7.99. The van der Waals surface area contributed by atoms with Crippen LogP contribution < -0.4 is 10.9 Å². The number of carbonyl (C=O) groups excluding carboxylic acids is 1. The molecule has 134 valence electrons. The average Bonchev–Trinajstić information content (AvgIpc) is 3.03.